The number of carbonyl (C=O) groups is 1. The third-order valence-electron chi connectivity index (χ3n) is 9.15. The smallest absolute Gasteiger partial charge is 0.348 e. The molecule has 9 nitrogen and oxygen atoms in total. The zero-order valence-corrected chi connectivity index (χ0v) is 27.0. The first-order chi connectivity index (χ1) is 22.0. The second-order valence-electron chi connectivity index (χ2n) is 12.4. The predicted molar refractivity (Wildman–Crippen MR) is 177 cm³/mol. The van der Waals surface area contributed by atoms with E-state index in [1.807, 2.05) is 38.7 Å². The summed E-state index contributed by atoms with van der Waals surface area (Å²) < 4.78 is 36.1. The third kappa shape index (κ3) is 4.37. The van der Waals surface area contributed by atoms with Crippen LogP contribution in [-0.2, 0) is 4.79 Å². The zero-order valence-electron chi connectivity index (χ0n) is 26.2. The van der Waals surface area contributed by atoms with E-state index in [-0.39, 0.29) is 51.1 Å². The number of hydrogen-bond donors (Lipinski definition) is 1. The number of piperazine rings is 1. The molecular formula is C34H33F2N7O2S. The van der Waals surface area contributed by atoms with Crippen molar-refractivity contribution in [3.05, 3.63) is 82.2 Å². The van der Waals surface area contributed by atoms with Crippen molar-refractivity contribution >= 4 is 45.3 Å². The van der Waals surface area contributed by atoms with Gasteiger partial charge >= 0.3 is 5.69 Å². The van der Waals surface area contributed by atoms with Crippen LogP contribution in [0.25, 0.3) is 38.6 Å². The van der Waals surface area contributed by atoms with Gasteiger partial charge in [0.25, 0.3) is 0 Å². The lowest BCUT2D eigenvalue weighted by molar-refractivity contribution is -0.128. The number of halogens is 2. The monoisotopic (exact) mass is 641 g/mol. The molecule has 5 heterocycles. The minimum Gasteiger partial charge on any atom is -0.348 e. The van der Waals surface area contributed by atoms with Crippen molar-refractivity contribution in [1.82, 2.24) is 29.6 Å². The lowest BCUT2D eigenvalue weighted by Crippen LogP contribution is -2.60. The zero-order chi connectivity index (χ0) is 32.6. The summed E-state index contributed by atoms with van der Waals surface area (Å²) in [5.74, 6) is -1.30. The van der Waals surface area contributed by atoms with E-state index >= 15 is 8.78 Å². The highest BCUT2D eigenvalue weighted by molar-refractivity contribution is 7.99. The van der Waals surface area contributed by atoms with Crippen LogP contribution in [0.4, 0.5) is 14.6 Å². The summed E-state index contributed by atoms with van der Waals surface area (Å²) in [5, 5.41) is 7.85. The van der Waals surface area contributed by atoms with Crippen molar-refractivity contribution in [2.45, 2.75) is 57.5 Å². The van der Waals surface area contributed by atoms with Crippen molar-refractivity contribution in [2.24, 2.45) is 0 Å². The van der Waals surface area contributed by atoms with Crippen LogP contribution in [-0.4, -0.2) is 66.5 Å². The standard InChI is InChI=1S/C34H33F2N7O2S/c1-7-23(44)41-14-20-15-46-32-26-31(27(35)25(28(32)36)24-17(4)8-9-22-21(24)12-38-40-22)43(30-18(5)10-11-37-29(30)16(2)3)34(45)39-33(26)42(20)13-19(41)6/h7-12,16,19-20H,1,13-15H2,2-6H3,(H,38,40). The van der Waals surface area contributed by atoms with Crippen LogP contribution in [0.3, 0.4) is 0 Å². The Morgan fingerprint density at radius 2 is 1.91 bits per heavy atom. The van der Waals surface area contributed by atoms with E-state index in [1.165, 1.54) is 22.4 Å². The highest BCUT2D eigenvalue weighted by Crippen LogP contribution is 2.48. The number of benzene rings is 2. The first-order valence-electron chi connectivity index (χ1n) is 15.2. The molecule has 0 spiro atoms. The molecule has 1 N–H and O–H groups in total. The molecule has 2 unspecified atom stereocenters. The molecule has 0 radical (unpaired) electrons. The molecule has 2 aliphatic rings. The van der Waals surface area contributed by atoms with Crippen LogP contribution < -0.4 is 10.6 Å². The van der Waals surface area contributed by atoms with Gasteiger partial charge in [0.15, 0.2) is 5.82 Å². The number of fused-ring (bicyclic) bond motifs is 3. The largest absolute Gasteiger partial charge is 0.354 e. The number of carbonyl (C=O) groups excluding carboxylic acids is 1. The van der Waals surface area contributed by atoms with Gasteiger partial charge in [0.1, 0.15) is 11.6 Å². The van der Waals surface area contributed by atoms with Gasteiger partial charge in [-0.2, -0.15) is 10.1 Å². The van der Waals surface area contributed by atoms with Gasteiger partial charge < -0.3 is 9.80 Å². The minimum absolute atomic E-state index is 0.0512. The number of rotatable bonds is 4. The van der Waals surface area contributed by atoms with Crippen molar-refractivity contribution < 1.29 is 13.6 Å². The normalized spacial score (nSPS) is 17.9. The highest BCUT2D eigenvalue weighted by atomic mass is 32.2. The molecule has 3 aromatic heterocycles. The van der Waals surface area contributed by atoms with Gasteiger partial charge in [0.2, 0.25) is 5.91 Å². The molecule has 236 valence electrons. The molecule has 46 heavy (non-hydrogen) atoms. The number of amides is 1. The maximum atomic E-state index is 17.6. The quantitative estimate of drug-likeness (QED) is 0.239. The van der Waals surface area contributed by atoms with Crippen molar-refractivity contribution in [2.75, 3.05) is 23.7 Å². The molecular weight excluding hydrogens is 608 g/mol. The predicted octanol–water partition coefficient (Wildman–Crippen LogP) is 6.04. The van der Waals surface area contributed by atoms with E-state index in [9.17, 15) is 9.59 Å². The summed E-state index contributed by atoms with van der Waals surface area (Å²) in [5.41, 5.74) is 2.43. The molecule has 1 saturated heterocycles. The first kappa shape index (κ1) is 30.1. The molecule has 7 rings (SSSR count). The second-order valence-corrected chi connectivity index (χ2v) is 13.4. The maximum Gasteiger partial charge on any atom is 0.354 e. The number of anilines is 1. The molecule has 1 amide bonds. The van der Waals surface area contributed by atoms with Crippen molar-refractivity contribution in [1.29, 1.82) is 0 Å². The van der Waals surface area contributed by atoms with E-state index in [0.29, 0.717) is 57.8 Å². The third-order valence-corrected chi connectivity index (χ3v) is 10.4. The number of nitrogens with zero attached hydrogens (tertiary/aromatic N) is 6. The van der Waals surface area contributed by atoms with Crippen LogP contribution in [0.1, 0.15) is 43.5 Å². The van der Waals surface area contributed by atoms with Crippen LogP contribution >= 0.6 is 11.8 Å². The number of aryl methyl sites for hydroxylation is 2. The minimum atomic E-state index is -0.862. The van der Waals surface area contributed by atoms with Crippen molar-refractivity contribution in [3.8, 4) is 16.8 Å². The lowest BCUT2D eigenvalue weighted by atomic mass is 9.94. The number of pyridine rings is 1. The number of aromatic amines is 1. The number of thioether (sulfide) groups is 1. The molecule has 0 saturated carbocycles. The summed E-state index contributed by atoms with van der Waals surface area (Å²) >= 11 is 1.25. The van der Waals surface area contributed by atoms with Gasteiger partial charge in [-0.1, -0.05) is 26.5 Å². The fourth-order valence-corrected chi connectivity index (χ4v) is 8.13. The van der Waals surface area contributed by atoms with Gasteiger partial charge in [0.05, 0.1) is 50.5 Å². The number of hydrogen-bond acceptors (Lipinski definition) is 7. The van der Waals surface area contributed by atoms with Gasteiger partial charge in [-0.15, -0.1) is 11.8 Å². The molecule has 5 aromatic rings. The Labute approximate surface area is 268 Å². The van der Waals surface area contributed by atoms with E-state index in [4.69, 9.17) is 0 Å². The summed E-state index contributed by atoms with van der Waals surface area (Å²) in [6, 6.07) is 4.83. The summed E-state index contributed by atoms with van der Waals surface area (Å²) in [6.07, 6.45) is 4.51. The van der Waals surface area contributed by atoms with E-state index < -0.39 is 17.3 Å². The Kier molecular flexibility index (Phi) is 7.22. The van der Waals surface area contributed by atoms with Gasteiger partial charge in [-0.05, 0) is 56.0 Å². The van der Waals surface area contributed by atoms with Crippen LogP contribution in [0.15, 0.2) is 52.9 Å². The molecule has 12 heteroatoms. The summed E-state index contributed by atoms with van der Waals surface area (Å²) in [7, 11) is 0. The molecule has 2 atom stereocenters. The van der Waals surface area contributed by atoms with Gasteiger partial charge in [-0.3, -0.25) is 19.4 Å². The number of H-pyrrole nitrogens is 1. The van der Waals surface area contributed by atoms with E-state index in [1.54, 1.807) is 36.4 Å². The fraction of sp³-hybridized carbons (Fsp3) is 0.324. The number of aromatic nitrogens is 5. The van der Waals surface area contributed by atoms with Crippen LogP contribution in [0.2, 0.25) is 0 Å². The fourth-order valence-electron chi connectivity index (χ4n) is 6.92. The Morgan fingerprint density at radius 1 is 1.13 bits per heavy atom. The van der Waals surface area contributed by atoms with Crippen LogP contribution in [0.5, 0.6) is 0 Å². The Bertz CT molecular complexity index is 2160. The van der Waals surface area contributed by atoms with Crippen molar-refractivity contribution in [3.63, 3.8) is 0 Å². The SMILES string of the molecule is C=CC(=O)N1CC2CSc3c(F)c(-c4c(C)ccc5[nH]ncc45)c(F)c4c3c(nc(=O)n4-c3c(C)ccnc3C(C)C)N2CC1C. The van der Waals surface area contributed by atoms with E-state index in [2.05, 4.69) is 26.7 Å². The number of nitrogens with one attached hydrogen (secondary N) is 1. The average molecular weight is 642 g/mol. The molecule has 2 aliphatic heterocycles. The van der Waals surface area contributed by atoms with E-state index in [0.717, 1.165) is 0 Å². The molecule has 0 bridgehead atoms. The maximum absolute atomic E-state index is 17.6. The summed E-state index contributed by atoms with van der Waals surface area (Å²) in [4.78, 5) is 40.1. The molecule has 1 fully saturated rings. The highest BCUT2D eigenvalue weighted by Gasteiger charge is 2.40. The second kappa shape index (κ2) is 11.0. The van der Waals surface area contributed by atoms with Gasteiger partial charge in [0, 0.05) is 42.0 Å². The Balaban J connectivity index is 1.63. The van der Waals surface area contributed by atoms with Gasteiger partial charge in [-0.25, -0.2) is 13.6 Å². The van der Waals surface area contributed by atoms with Crippen LogP contribution in [0, 0.1) is 25.5 Å². The Morgan fingerprint density at radius 3 is 2.65 bits per heavy atom. The molecule has 2 aromatic carbocycles. The lowest BCUT2D eigenvalue weighted by Gasteiger charge is -2.45. The molecule has 0 aliphatic carbocycles. The topological polar surface area (TPSA) is 100 Å². The summed E-state index contributed by atoms with van der Waals surface area (Å²) in [6.45, 7) is 13.8. The first-order valence-corrected chi connectivity index (χ1v) is 16.2. The average Bonchev–Trinajstić information content (AvgIpc) is 3.45. The Hall–Kier alpha value is -4.58.